The van der Waals surface area contributed by atoms with Gasteiger partial charge in [0, 0.05) is 52.2 Å². The highest BCUT2D eigenvalue weighted by Gasteiger charge is 2.60. The van der Waals surface area contributed by atoms with E-state index in [4.69, 9.17) is 56.8 Å². The number of aliphatic hydroxyl groups excluding tert-OH is 5. The molecule has 6 fully saturated rings. The van der Waals surface area contributed by atoms with Crippen LogP contribution in [0.1, 0.15) is 93.4 Å². The summed E-state index contributed by atoms with van der Waals surface area (Å²) in [4.78, 5) is 14.3. The van der Waals surface area contributed by atoms with Gasteiger partial charge in [0.15, 0.2) is 24.7 Å². The molecule has 0 aromatic heterocycles. The summed E-state index contributed by atoms with van der Waals surface area (Å²) < 4.78 is 75.9. The average molecular weight is 995 g/mol. The molecule has 19 heteroatoms. The standard InChI is InChI=1S/C51H78O19/c1-24-15-16-50(69-28(24)5)21-33-18-32(70-50)14-13-26(3)44(25(2)11-10-12-31-23-61-47-40(53)27(4)17-34(48(57)64-33)51(31,47)58)66-38-19-35(59-8)45(29(6)62-38)67-39-20-36(60-9)46(30(7)63-39)68-49-43(56)42(55)41(54)37(22-52)65-49/h10-13,17,24-25,28-30,32-47,49,52-56,58H,14-16,18-23H2,1-9H3/b11-10+,26-13+,31-12+/t24-,25-,28+,29-,30-,32+,33-,34-,35-,36-,37+,38-,39-,40+,41+,42-,43+,44-,45-,46-,47+,49-,50-,51+/m0/s1. The van der Waals surface area contributed by atoms with Gasteiger partial charge in [-0.3, -0.25) is 4.79 Å². The second kappa shape index (κ2) is 22.3. The third kappa shape index (κ3) is 10.9. The maximum atomic E-state index is 14.3. The van der Waals surface area contributed by atoms with E-state index in [1.807, 2.05) is 39.8 Å². The van der Waals surface area contributed by atoms with Crippen LogP contribution in [0.2, 0.25) is 0 Å². The third-order valence-corrected chi connectivity index (χ3v) is 16.1. The van der Waals surface area contributed by atoms with E-state index in [1.54, 1.807) is 33.1 Å². The Labute approximate surface area is 410 Å². The molecule has 2 bridgehead atoms. The molecule has 0 aromatic rings. The fourth-order valence-corrected chi connectivity index (χ4v) is 11.7. The van der Waals surface area contributed by atoms with Gasteiger partial charge in [-0.15, -0.1) is 0 Å². The quantitative estimate of drug-likeness (QED) is 0.143. The predicted octanol–water partition coefficient (Wildman–Crippen LogP) is 2.40. The molecule has 0 radical (unpaired) electrons. The number of ether oxygens (including phenoxy) is 12. The minimum Gasteiger partial charge on any atom is -0.462 e. The van der Waals surface area contributed by atoms with Crippen LogP contribution < -0.4 is 0 Å². The van der Waals surface area contributed by atoms with Crippen molar-refractivity contribution in [3.63, 3.8) is 0 Å². The molecule has 0 saturated carbocycles. The number of allylic oxidation sites excluding steroid dienone is 2. The highest BCUT2D eigenvalue weighted by atomic mass is 16.8. The molecule has 8 rings (SSSR count). The van der Waals surface area contributed by atoms with Gasteiger partial charge in [-0.25, -0.2) is 0 Å². The van der Waals surface area contributed by atoms with Gasteiger partial charge in [-0.2, -0.15) is 0 Å². The van der Waals surface area contributed by atoms with Gasteiger partial charge >= 0.3 is 5.97 Å². The van der Waals surface area contributed by atoms with Gasteiger partial charge < -0.3 is 87.5 Å². The summed E-state index contributed by atoms with van der Waals surface area (Å²) in [5.41, 5.74) is 0.0517. The summed E-state index contributed by atoms with van der Waals surface area (Å²) in [6.45, 7) is 13.0. The predicted molar refractivity (Wildman–Crippen MR) is 246 cm³/mol. The topological polar surface area (TPSA) is 249 Å². The number of carbonyl (C=O) groups excluding carboxylic acids is 1. The lowest BCUT2D eigenvalue weighted by Gasteiger charge is -2.49. The molecular weight excluding hydrogens is 917 g/mol. The molecule has 0 amide bonds. The van der Waals surface area contributed by atoms with E-state index in [2.05, 4.69) is 13.0 Å². The van der Waals surface area contributed by atoms with E-state index in [0.29, 0.717) is 49.2 Å². The van der Waals surface area contributed by atoms with Gasteiger partial charge in [0.25, 0.3) is 0 Å². The first-order chi connectivity index (χ1) is 33.3. The van der Waals surface area contributed by atoms with E-state index in [-0.39, 0.29) is 31.2 Å². The molecule has 6 saturated heterocycles. The minimum atomic E-state index is -1.85. The van der Waals surface area contributed by atoms with Crippen molar-refractivity contribution in [3.8, 4) is 0 Å². The molecule has 1 aliphatic carbocycles. The monoisotopic (exact) mass is 995 g/mol. The number of methoxy groups -OCH3 is 2. The van der Waals surface area contributed by atoms with Crippen LogP contribution in [-0.2, 0) is 61.6 Å². The number of esters is 1. The van der Waals surface area contributed by atoms with E-state index in [9.17, 15) is 35.4 Å². The highest BCUT2D eigenvalue weighted by Crippen LogP contribution is 2.47. The van der Waals surface area contributed by atoms with Crippen LogP contribution in [0.4, 0.5) is 0 Å². The minimum absolute atomic E-state index is 0.00988. The number of hydrogen-bond acceptors (Lipinski definition) is 19. The molecular formula is C51H78O19. The fourth-order valence-electron chi connectivity index (χ4n) is 11.7. The van der Waals surface area contributed by atoms with Crippen LogP contribution in [-0.4, -0.2) is 192 Å². The van der Waals surface area contributed by atoms with Crippen molar-refractivity contribution < 1.29 is 92.3 Å². The van der Waals surface area contributed by atoms with Gasteiger partial charge in [0.2, 0.25) is 0 Å². The normalized spacial score (nSPS) is 51.3. The Hall–Kier alpha value is -2.25. The lowest BCUT2D eigenvalue weighted by Crippen LogP contribution is -2.62. The van der Waals surface area contributed by atoms with Crippen LogP contribution >= 0.6 is 0 Å². The molecule has 396 valence electrons. The van der Waals surface area contributed by atoms with Crippen LogP contribution in [0.15, 0.2) is 47.1 Å². The SMILES string of the molecule is CO[C@H]1C[C@H](O[C@@H]2/C(C)=C/C[C@@H]3C[C@@H](C[C@]4(CC[C@H](C)[C@@H](C)O4)O3)OC(=O)[C@@H]3C=C(C)[C@@H](O)[C@H]4OC/C(=C\C=C\[C@@H]2C)[C@]43O)O[C@@H](C)[C@@H]1O[C@H]1C[C@H](OC)[C@@H](O[C@@H]2O[C@H](CO)[C@@H](O)[C@H](O)[C@H]2O)[C@H](C)O1. The van der Waals surface area contributed by atoms with E-state index >= 15 is 0 Å². The summed E-state index contributed by atoms with van der Waals surface area (Å²) in [5, 5.41) is 64.6. The smallest absolute Gasteiger partial charge is 0.316 e. The Morgan fingerprint density at radius 1 is 0.786 bits per heavy atom. The van der Waals surface area contributed by atoms with Crippen molar-refractivity contribution in [1.29, 1.82) is 0 Å². The zero-order valence-electron chi connectivity index (χ0n) is 41.9. The van der Waals surface area contributed by atoms with Crippen LogP contribution in [0, 0.1) is 17.8 Å². The lowest BCUT2D eigenvalue weighted by atomic mass is 9.71. The maximum absolute atomic E-state index is 14.3. The molecule has 19 nitrogen and oxygen atoms in total. The van der Waals surface area contributed by atoms with Gasteiger partial charge in [-0.1, -0.05) is 44.2 Å². The molecule has 0 unspecified atom stereocenters. The zero-order chi connectivity index (χ0) is 50.4. The largest absolute Gasteiger partial charge is 0.462 e. The average Bonchev–Trinajstić information content (AvgIpc) is 3.67. The van der Waals surface area contributed by atoms with E-state index in [1.165, 1.54) is 7.11 Å². The number of carbonyl (C=O) groups is 1. The number of aliphatic hydroxyl groups is 6. The first-order valence-electron chi connectivity index (χ1n) is 25.2. The molecule has 7 aliphatic heterocycles. The summed E-state index contributed by atoms with van der Waals surface area (Å²) >= 11 is 0. The van der Waals surface area contributed by atoms with Crippen molar-refractivity contribution in [1.82, 2.24) is 0 Å². The van der Waals surface area contributed by atoms with Crippen molar-refractivity contribution in [2.24, 2.45) is 17.8 Å². The third-order valence-electron chi connectivity index (χ3n) is 16.1. The maximum Gasteiger partial charge on any atom is 0.316 e. The lowest BCUT2D eigenvalue weighted by molar-refractivity contribution is -0.353. The molecule has 24 atom stereocenters. The van der Waals surface area contributed by atoms with E-state index in [0.717, 1.165) is 12.0 Å². The van der Waals surface area contributed by atoms with E-state index < -0.39 is 134 Å². The summed E-state index contributed by atoms with van der Waals surface area (Å²) in [7, 11) is 3.12. The number of hydrogen-bond donors (Lipinski definition) is 6. The van der Waals surface area contributed by atoms with Gasteiger partial charge in [0.05, 0.1) is 55.9 Å². The van der Waals surface area contributed by atoms with Crippen LogP contribution in [0.5, 0.6) is 0 Å². The highest BCUT2D eigenvalue weighted by molar-refractivity contribution is 5.78. The number of rotatable bonds is 9. The molecule has 7 heterocycles. The van der Waals surface area contributed by atoms with Gasteiger partial charge in [-0.05, 0) is 70.1 Å². The fraction of sp³-hybridized carbons (Fsp3) is 0.824. The van der Waals surface area contributed by atoms with Crippen molar-refractivity contribution >= 4 is 5.97 Å². The first-order valence-corrected chi connectivity index (χ1v) is 25.2. The van der Waals surface area contributed by atoms with Crippen molar-refractivity contribution in [3.05, 3.63) is 47.1 Å². The first kappa shape index (κ1) is 54.0. The molecule has 1 spiro atoms. The number of fused-ring (bicyclic) bond motifs is 2. The Balaban J connectivity index is 0.997. The Bertz CT molecular complexity index is 1920. The zero-order valence-corrected chi connectivity index (χ0v) is 41.9. The molecule has 6 N–H and O–H groups in total. The Kier molecular flexibility index (Phi) is 17.2. The van der Waals surface area contributed by atoms with Crippen LogP contribution in [0.3, 0.4) is 0 Å². The molecule has 70 heavy (non-hydrogen) atoms. The molecule has 0 aromatic carbocycles. The Morgan fingerprint density at radius 2 is 1.46 bits per heavy atom. The van der Waals surface area contributed by atoms with Crippen molar-refractivity contribution in [2.45, 2.75) is 221 Å². The summed E-state index contributed by atoms with van der Waals surface area (Å²) in [6, 6.07) is 0. The van der Waals surface area contributed by atoms with Crippen molar-refractivity contribution in [2.75, 3.05) is 27.4 Å². The van der Waals surface area contributed by atoms with Crippen LogP contribution in [0.25, 0.3) is 0 Å². The second-order valence-corrected chi connectivity index (χ2v) is 21.0. The second-order valence-electron chi connectivity index (χ2n) is 21.0. The van der Waals surface area contributed by atoms with Gasteiger partial charge in [0.1, 0.15) is 66.5 Å². The summed E-state index contributed by atoms with van der Waals surface area (Å²) in [5.74, 6) is -2.57. The summed E-state index contributed by atoms with van der Waals surface area (Å²) in [6.07, 6.45) is -3.44. The molecule has 8 aliphatic rings. The Morgan fingerprint density at radius 3 is 2.11 bits per heavy atom.